The first kappa shape index (κ1) is 24.5. The maximum absolute atomic E-state index is 10.8. The molecule has 0 aromatic carbocycles. The fraction of sp³-hybridized carbons (Fsp3) is 0.944. The van der Waals surface area contributed by atoms with E-state index in [2.05, 4.69) is 11.6 Å². The number of carbonyl (C=O) groups is 1. The smallest absolute Gasteiger partial charge is 0.378 e. The summed E-state index contributed by atoms with van der Waals surface area (Å²) in [6.45, 7) is 2.27. The van der Waals surface area contributed by atoms with Crippen molar-refractivity contribution in [3.8, 4) is 0 Å². The molecule has 22 heavy (non-hydrogen) atoms. The molecule has 4 heteroatoms. The molecule has 0 saturated heterocycles. The predicted octanol–water partition coefficient (Wildman–Crippen LogP) is 5.87. The van der Waals surface area contributed by atoms with Crippen molar-refractivity contribution in [2.24, 2.45) is 0 Å². The van der Waals surface area contributed by atoms with E-state index in [0.29, 0.717) is 6.42 Å². The summed E-state index contributed by atoms with van der Waals surface area (Å²) in [5.74, 6) is -0.287. The standard InChI is InChI=1S/C18H35BO2.Nb/c1-2-3-4-5-6-7-8-9-10-11-12-13-14-15-16-17-18(20)21-19;/h2-17H2,1H3;. The molecule has 0 aromatic heterocycles. The quantitative estimate of drug-likeness (QED) is 0.245. The predicted molar refractivity (Wildman–Crippen MR) is 91.4 cm³/mol. The summed E-state index contributed by atoms with van der Waals surface area (Å²) in [6, 6.07) is 0. The van der Waals surface area contributed by atoms with Crippen molar-refractivity contribution in [1.29, 1.82) is 0 Å². The van der Waals surface area contributed by atoms with Gasteiger partial charge in [0.2, 0.25) is 0 Å². The Bertz CT molecular complexity index is 225. The molecule has 0 atom stereocenters. The van der Waals surface area contributed by atoms with Gasteiger partial charge in [0.15, 0.2) is 0 Å². The van der Waals surface area contributed by atoms with Crippen LogP contribution in [0.5, 0.6) is 0 Å². The molecule has 0 saturated carbocycles. The molecule has 0 amide bonds. The van der Waals surface area contributed by atoms with E-state index in [1.807, 2.05) is 0 Å². The van der Waals surface area contributed by atoms with Crippen LogP contribution in [-0.4, -0.2) is 14.0 Å². The Kier molecular flexibility index (Phi) is 23.7. The van der Waals surface area contributed by atoms with Crippen molar-refractivity contribution < 1.29 is 31.8 Å². The van der Waals surface area contributed by atoms with Gasteiger partial charge in [-0.2, -0.15) is 0 Å². The topological polar surface area (TPSA) is 26.3 Å². The molecule has 0 aliphatic heterocycles. The van der Waals surface area contributed by atoms with Crippen LogP contribution in [0.1, 0.15) is 110 Å². The number of rotatable bonds is 16. The second-order valence-electron chi connectivity index (χ2n) is 6.19. The second kappa shape index (κ2) is 21.3. The van der Waals surface area contributed by atoms with Crippen LogP contribution in [-0.2, 0) is 31.8 Å². The van der Waals surface area contributed by atoms with Gasteiger partial charge in [-0.1, -0.05) is 96.8 Å². The molecular weight excluding hydrogens is 352 g/mol. The minimum absolute atomic E-state index is 0. The van der Waals surface area contributed by atoms with Gasteiger partial charge in [0.1, 0.15) is 0 Å². The zero-order valence-corrected chi connectivity index (χ0v) is 16.9. The molecule has 0 unspecified atom stereocenters. The summed E-state index contributed by atoms with van der Waals surface area (Å²) >= 11 is 0. The van der Waals surface area contributed by atoms with Crippen LogP contribution >= 0.6 is 0 Å². The van der Waals surface area contributed by atoms with E-state index >= 15 is 0 Å². The van der Waals surface area contributed by atoms with E-state index in [1.165, 1.54) is 83.5 Å². The average Bonchev–Trinajstić information content (AvgIpc) is 2.50. The first-order chi connectivity index (χ1) is 10.3. The summed E-state index contributed by atoms with van der Waals surface area (Å²) in [6.07, 6.45) is 20.5. The van der Waals surface area contributed by atoms with Crippen molar-refractivity contribution in [3.63, 3.8) is 0 Å². The first-order valence-corrected chi connectivity index (χ1v) is 9.20. The van der Waals surface area contributed by atoms with Gasteiger partial charge in [0, 0.05) is 28.8 Å². The summed E-state index contributed by atoms with van der Waals surface area (Å²) in [7, 11) is 4.78. The molecule has 0 spiro atoms. The van der Waals surface area contributed by atoms with Gasteiger partial charge in [-0.05, 0) is 6.42 Å². The molecule has 0 bridgehead atoms. The molecule has 0 N–H and O–H groups in total. The first-order valence-electron chi connectivity index (χ1n) is 9.20. The maximum Gasteiger partial charge on any atom is 0.378 e. The average molecular weight is 387 g/mol. The molecule has 0 aromatic rings. The number of hydrogen-bond donors (Lipinski definition) is 0. The van der Waals surface area contributed by atoms with Crippen molar-refractivity contribution >= 4 is 14.0 Å². The van der Waals surface area contributed by atoms with Gasteiger partial charge in [-0.25, -0.2) is 0 Å². The third-order valence-electron chi connectivity index (χ3n) is 4.12. The van der Waals surface area contributed by atoms with Gasteiger partial charge >= 0.3 is 8.05 Å². The van der Waals surface area contributed by atoms with E-state index < -0.39 is 0 Å². The molecule has 0 aliphatic rings. The third kappa shape index (κ3) is 20.3. The monoisotopic (exact) mass is 387 g/mol. The summed E-state index contributed by atoms with van der Waals surface area (Å²) in [4.78, 5) is 10.8. The Morgan fingerprint density at radius 2 is 1.00 bits per heavy atom. The van der Waals surface area contributed by atoms with E-state index in [4.69, 9.17) is 8.05 Å². The van der Waals surface area contributed by atoms with Gasteiger partial charge in [-0.3, -0.25) is 4.79 Å². The molecule has 2 nitrogen and oxygen atoms in total. The van der Waals surface area contributed by atoms with Crippen LogP contribution in [0.15, 0.2) is 0 Å². The van der Waals surface area contributed by atoms with Gasteiger partial charge in [-0.15, -0.1) is 0 Å². The Morgan fingerprint density at radius 3 is 1.32 bits per heavy atom. The number of unbranched alkanes of at least 4 members (excludes halogenated alkanes) is 14. The Labute approximate surface area is 155 Å². The molecular formula is C18H35BNbO2. The van der Waals surface area contributed by atoms with Gasteiger partial charge in [0.25, 0.3) is 5.97 Å². The van der Waals surface area contributed by atoms with Crippen LogP contribution in [0.4, 0.5) is 0 Å². The summed E-state index contributed by atoms with van der Waals surface area (Å²) in [5, 5.41) is 0. The third-order valence-corrected chi connectivity index (χ3v) is 4.12. The maximum atomic E-state index is 10.8. The minimum Gasteiger partial charge on any atom is -0.543 e. The van der Waals surface area contributed by atoms with Crippen LogP contribution in [0.2, 0.25) is 0 Å². The van der Waals surface area contributed by atoms with E-state index in [-0.39, 0.29) is 28.3 Å². The van der Waals surface area contributed by atoms with Gasteiger partial charge in [0.05, 0.1) is 0 Å². The van der Waals surface area contributed by atoms with Gasteiger partial charge < -0.3 is 4.65 Å². The van der Waals surface area contributed by atoms with E-state index in [1.54, 1.807) is 0 Å². The zero-order chi connectivity index (χ0) is 15.6. The molecule has 127 valence electrons. The van der Waals surface area contributed by atoms with E-state index in [0.717, 1.165) is 12.8 Å². The Hall–Kier alpha value is 0.275. The van der Waals surface area contributed by atoms with Crippen LogP contribution in [0.25, 0.3) is 0 Å². The fourth-order valence-corrected chi connectivity index (χ4v) is 2.70. The molecule has 0 rings (SSSR count). The molecule has 0 aliphatic carbocycles. The molecule has 0 heterocycles. The molecule has 0 fully saturated rings. The fourth-order valence-electron chi connectivity index (χ4n) is 2.70. The minimum atomic E-state index is -0.287. The second-order valence-corrected chi connectivity index (χ2v) is 6.19. The zero-order valence-electron chi connectivity index (χ0n) is 14.7. The van der Waals surface area contributed by atoms with Crippen molar-refractivity contribution in [3.05, 3.63) is 0 Å². The van der Waals surface area contributed by atoms with Crippen molar-refractivity contribution in [2.45, 2.75) is 110 Å². The van der Waals surface area contributed by atoms with Crippen molar-refractivity contribution in [1.82, 2.24) is 0 Å². The summed E-state index contributed by atoms with van der Waals surface area (Å²) < 4.78 is 4.13. The van der Waals surface area contributed by atoms with Crippen LogP contribution in [0, 0.1) is 0 Å². The number of carbonyl (C=O) groups excluding carboxylic acids is 1. The molecule has 3 radical (unpaired) electrons. The van der Waals surface area contributed by atoms with E-state index in [9.17, 15) is 4.79 Å². The number of hydrogen-bond acceptors (Lipinski definition) is 2. The van der Waals surface area contributed by atoms with Crippen molar-refractivity contribution in [2.75, 3.05) is 0 Å². The Morgan fingerprint density at radius 1 is 0.682 bits per heavy atom. The largest absolute Gasteiger partial charge is 0.543 e. The normalized spacial score (nSPS) is 10.2. The van der Waals surface area contributed by atoms with Crippen LogP contribution < -0.4 is 0 Å². The van der Waals surface area contributed by atoms with Crippen LogP contribution in [0.3, 0.4) is 0 Å². The SMILES string of the molecule is [B]OC(=O)CCCCCCCCCCCCCCCCC.[Nb]. The summed E-state index contributed by atoms with van der Waals surface area (Å²) in [5.41, 5.74) is 0. The Balaban J connectivity index is 0.